The van der Waals surface area contributed by atoms with E-state index in [2.05, 4.69) is 0 Å². The highest BCUT2D eigenvalue weighted by Crippen LogP contribution is 2.52. The highest BCUT2D eigenvalue weighted by molar-refractivity contribution is 7.86. The Balaban J connectivity index is 1.35. The zero-order chi connectivity index (χ0) is 55.6. The molecule has 2 aromatic carbocycles. The Bertz CT molecular complexity index is 3010. The molecular formula is C49H64N3O21S3+. The molecule has 1 saturated heterocycles. The second-order valence-electron chi connectivity index (χ2n) is 18.6. The summed E-state index contributed by atoms with van der Waals surface area (Å²) in [5.41, 5.74) is -0.689. The summed E-state index contributed by atoms with van der Waals surface area (Å²) in [5, 5.41) is 12.4. The molecule has 3 aliphatic heterocycles. The molecule has 76 heavy (non-hydrogen) atoms. The van der Waals surface area contributed by atoms with Gasteiger partial charge in [0.2, 0.25) is 11.5 Å². The summed E-state index contributed by atoms with van der Waals surface area (Å²) in [6.07, 6.45) is 2.33. The van der Waals surface area contributed by atoms with Crippen LogP contribution in [0, 0.1) is 0 Å². The van der Waals surface area contributed by atoms with Gasteiger partial charge in [0.05, 0.1) is 85.0 Å². The first kappa shape index (κ1) is 59.9. The number of aliphatic hydroxyl groups excluding tert-OH is 1. The molecule has 2 atom stereocenters. The number of rotatable bonds is 31. The second-order valence-corrected chi connectivity index (χ2v) is 23.0. The lowest BCUT2D eigenvalue weighted by Crippen LogP contribution is -2.35. The number of methoxy groups -OCH3 is 2. The van der Waals surface area contributed by atoms with Crippen LogP contribution in [0.25, 0.3) is 0 Å². The Morgan fingerprint density at radius 1 is 0.697 bits per heavy atom. The van der Waals surface area contributed by atoms with E-state index in [9.17, 15) is 63.2 Å². The summed E-state index contributed by atoms with van der Waals surface area (Å²) in [5.74, 6) is -4.03. The SMILES string of the molecule is COCCOCCOCCOCCOCC[N+]1=C(/C=C2\C(=O)C(/C=C3/N(CCCC(=O)ON4C(=O)CCC4=O)c4ccc(S(=O)(=O)O)cc4C3(C)CCOC)=C2O)C(C)(CCCS(=O)(=O)O)c2cc(S(=O)(=O)O)ccc21. The molecule has 1 fully saturated rings. The molecule has 2 unspecified atom stereocenters. The Morgan fingerprint density at radius 3 is 1.80 bits per heavy atom. The lowest BCUT2D eigenvalue weighted by Gasteiger charge is -2.32. The van der Waals surface area contributed by atoms with Crippen LogP contribution in [0.3, 0.4) is 0 Å². The van der Waals surface area contributed by atoms with Gasteiger partial charge in [-0.25, -0.2) is 4.79 Å². The number of anilines is 1. The predicted octanol–water partition coefficient (Wildman–Crippen LogP) is 3.32. The standard InChI is InChI=1S/C49H63N3O21S3/c1-48(14-6-28-74(58,59)60)37-29-33(75(61,62)63)9-11-40(37)51(17-19-69-22-23-71-26-27-72-25-24-70-21-20-68-4)41(48)31-35-46(56)36(47(35)57)32-42-49(2,15-18-67-3)38-30-34(76(64,65)66)8-10-39(38)50(42)16-5-7-45(55)73-52-43(53)12-13-44(52)54/h8-11,29-32H,5-7,12-28H2,1-4H3,(H3-,56,57,58,59,60,61,62,63,64,65,66)/p+1. The van der Waals surface area contributed by atoms with Crippen molar-refractivity contribution < 1.29 is 101 Å². The molecule has 3 heterocycles. The van der Waals surface area contributed by atoms with E-state index in [4.69, 9.17) is 33.3 Å². The highest BCUT2D eigenvalue weighted by Gasteiger charge is 2.51. The Hall–Kier alpha value is -5.30. The number of fused-ring (bicyclic) bond motifs is 2. The van der Waals surface area contributed by atoms with Gasteiger partial charge in [-0.1, -0.05) is 0 Å². The molecule has 4 aliphatic rings. The molecule has 1 aliphatic carbocycles. The molecule has 0 radical (unpaired) electrons. The summed E-state index contributed by atoms with van der Waals surface area (Å²) in [7, 11) is -10.9. The van der Waals surface area contributed by atoms with E-state index in [0.717, 1.165) is 0 Å². The van der Waals surface area contributed by atoms with Crippen LogP contribution in [0.1, 0.15) is 69.9 Å². The van der Waals surface area contributed by atoms with Crippen LogP contribution in [-0.4, -0.2) is 182 Å². The summed E-state index contributed by atoms with van der Waals surface area (Å²) in [6.45, 7) is 6.29. The van der Waals surface area contributed by atoms with Gasteiger partial charge in [-0.3, -0.25) is 28.0 Å². The number of allylic oxidation sites excluding steroid dienone is 5. The number of hydroxylamine groups is 2. The van der Waals surface area contributed by atoms with Crippen molar-refractivity contribution in [1.82, 2.24) is 5.06 Å². The largest absolute Gasteiger partial charge is 0.506 e. The molecule has 0 aromatic heterocycles. The van der Waals surface area contributed by atoms with Crippen LogP contribution in [0.4, 0.5) is 11.4 Å². The Kier molecular flexibility index (Phi) is 20.1. The Morgan fingerprint density at radius 2 is 1.25 bits per heavy atom. The first-order chi connectivity index (χ1) is 35.9. The van der Waals surface area contributed by atoms with E-state index in [-0.39, 0.29) is 102 Å². The number of ketones is 1. The van der Waals surface area contributed by atoms with Gasteiger partial charge in [0.15, 0.2) is 12.3 Å². The van der Waals surface area contributed by atoms with E-state index in [0.29, 0.717) is 72.0 Å². The van der Waals surface area contributed by atoms with Crippen molar-refractivity contribution >= 4 is 71.0 Å². The van der Waals surface area contributed by atoms with Gasteiger partial charge in [-0.05, 0) is 81.5 Å². The number of carbonyl (C=O) groups is 4. The number of ether oxygens (including phenoxy) is 6. The van der Waals surface area contributed by atoms with Crippen molar-refractivity contribution in [3.63, 3.8) is 0 Å². The van der Waals surface area contributed by atoms with Crippen LogP contribution in [0.15, 0.2) is 80.9 Å². The van der Waals surface area contributed by atoms with Gasteiger partial charge < -0.3 is 43.3 Å². The number of hydrogen-bond acceptors (Lipinski definition) is 19. The third-order valence-corrected chi connectivity index (χ3v) is 15.9. The molecule has 4 N–H and O–H groups in total. The molecule has 27 heteroatoms. The van der Waals surface area contributed by atoms with Gasteiger partial charge >= 0.3 is 5.97 Å². The van der Waals surface area contributed by atoms with Gasteiger partial charge in [0.25, 0.3) is 42.2 Å². The van der Waals surface area contributed by atoms with Gasteiger partial charge in [-0.15, -0.1) is 5.06 Å². The molecule has 2 aromatic rings. The maximum Gasteiger partial charge on any atom is 0.333 e. The van der Waals surface area contributed by atoms with Crippen LogP contribution >= 0.6 is 0 Å². The highest BCUT2D eigenvalue weighted by atomic mass is 32.2. The van der Waals surface area contributed by atoms with Crippen molar-refractivity contribution in [1.29, 1.82) is 0 Å². The quantitative estimate of drug-likeness (QED) is 0.0277. The number of hydrogen-bond donors (Lipinski definition) is 4. The minimum atomic E-state index is -4.77. The van der Waals surface area contributed by atoms with Crippen LogP contribution in [0.5, 0.6) is 0 Å². The van der Waals surface area contributed by atoms with Crippen molar-refractivity contribution in [3.05, 3.63) is 82.3 Å². The van der Waals surface area contributed by atoms with E-state index in [1.807, 2.05) is 0 Å². The van der Waals surface area contributed by atoms with Crippen molar-refractivity contribution in [2.24, 2.45) is 0 Å². The fourth-order valence-corrected chi connectivity index (χ4v) is 11.0. The van der Waals surface area contributed by atoms with Crippen LogP contribution in [-0.2, 0) is 93.6 Å². The average molecular weight is 1130 g/mol. The smallest absolute Gasteiger partial charge is 0.333 e. The maximum absolute atomic E-state index is 14.6. The predicted molar refractivity (Wildman–Crippen MR) is 269 cm³/mol. The molecule has 6 rings (SSSR count). The first-order valence-corrected chi connectivity index (χ1v) is 28.7. The number of carbonyl (C=O) groups excluding carboxylic acids is 4. The minimum absolute atomic E-state index is 0.0155. The molecule has 0 bridgehead atoms. The average Bonchev–Trinajstić information content (AvgIpc) is 3.92. The zero-order valence-corrected chi connectivity index (χ0v) is 45.0. The molecule has 2 amide bonds. The number of aliphatic hydroxyl groups is 1. The summed E-state index contributed by atoms with van der Waals surface area (Å²) >= 11 is 0. The lowest BCUT2D eigenvalue weighted by molar-refractivity contribution is -0.442. The Labute approximate surface area is 441 Å². The fourth-order valence-electron chi connectivity index (χ4n) is 9.46. The molecule has 0 saturated carbocycles. The summed E-state index contributed by atoms with van der Waals surface area (Å²) in [6, 6.07) is 7.77. The van der Waals surface area contributed by atoms with Crippen molar-refractivity contribution in [3.8, 4) is 0 Å². The monoisotopic (exact) mass is 1130 g/mol. The van der Waals surface area contributed by atoms with E-state index in [1.165, 1.54) is 55.7 Å². The van der Waals surface area contributed by atoms with E-state index in [1.54, 1.807) is 30.4 Å². The summed E-state index contributed by atoms with van der Waals surface area (Å²) < 4.78 is 138. The summed E-state index contributed by atoms with van der Waals surface area (Å²) in [4.78, 5) is 57.5. The first-order valence-electron chi connectivity index (χ1n) is 24.2. The maximum atomic E-state index is 14.6. The lowest BCUT2D eigenvalue weighted by atomic mass is 9.73. The van der Waals surface area contributed by atoms with Crippen LogP contribution < -0.4 is 4.90 Å². The normalized spacial score (nSPS) is 20.9. The third kappa shape index (κ3) is 14.2. The van der Waals surface area contributed by atoms with Gasteiger partial charge in [0, 0.05) is 81.1 Å². The fraction of sp³-hybridized carbons (Fsp3) is 0.531. The molecule has 24 nitrogen and oxygen atoms in total. The zero-order valence-electron chi connectivity index (χ0n) is 42.6. The molecular weight excluding hydrogens is 1060 g/mol. The number of benzene rings is 2. The van der Waals surface area contributed by atoms with E-state index >= 15 is 0 Å². The third-order valence-electron chi connectivity index (χ3n) is 13.4. The van der Waals surface area contributed by atoms with Crippen molar-refractivity contribution in [2.75, 3.05) is 104 Å². The minimum Gasteiger partial charge on any atom is -0.506 e. The topological polar surface area (TPSA) is 326 Å². The van der Waals surface area contributed by atoms with E-state index < -0.39 is 86.1 Å². The number of nitrogens with zero attached hydrogens (tertiary/aromatic N) is 3. The van der Waals surface area contributed by atoms with Crippen LogP contribution in [0.2, 0.25) is 0 Å². The van der Waals surface area contributed by atoms with Crippen molar-refractivity contribution in [2.45, 2.75) is 79.4 Å². The number of Topliss-reactive ketones (excluding diaryl/α,β-unsaturated/α-hetero) is 1. The molecule has 0 spiro atoms. The van der Waals surface area contributed by atoms with Gasteiger partial charge in [0.1, 0.15) is 12.4 Å². The second kappa shape index (κ2) is 25.4. The molecule has 418 valence electrons. The number of imide groups is 1. The number of amides is 2. The van der Waals surface area contributed by atoms with Gasteiger partial charge in [-0.2, -0.15) is 29.8 Å².